The van der Waals surface area contributed by atoms with E-state index in [0.717, 1.165) is 30.5 Å². The summed E-state index contributed by atoms with van der Waals surface area (Å²) < 4.78 is 66.9. The van der Waals surface area contributed by atoms with Crippen molar-refractivity contribution in [2.75, 3.05) is 26.0 Å². The molecule has 140 valence electrons. The standard InChI is InChI=1S/C15H19F3N2O4S/c1-25(22,23)20-8-2-3-12(9-20)19-14(21)10-24-13-6-4-11(5-7-13)15(16,17)18/h4-7,12H,2-3,8-10H2,1H3,(H,19,21). The molecule has 1 aliphatic rings. The molecule has 1 N–H and O–H groups in total. The molecule has 0 saturated carbocycles. The van der Waals surface area contributed by atoms with E-state index in [-0.39, 0.29) is 24.9 Å². The van der Waals surface area contributed by atoms with Crippen molar-refractivity contribution in [1.82, 2.24) is 9.62 Å². The van der Waals surface area contributed by atoms with Gasteiger partial charge in [0.05, 0.1) is 11.8 Å². The predicted molar refractivity (Wildman–Crippen MR) is 84.5 cm³/mol. The van der Waals surface area contributed by atoms with Gasteiger partial charge in [-0.3, -0.25) is 4.79 Å². The normalized spacial score (nSPS) is 19.4. The highest BCUT2D eigenvalue weighted by molar-refractivity contribution is 7.88. The van der Waals surface area contributed by atoms with Crippen LogP contribution < -0.4 is 10.1 Å². The van der Waals surface area contributed by atoms with Crippen molar-refractivity contribution >= 4 is 15.9 Å². The Labute approximate surface area is 144 Å². The Morgan fingerprint density at radius 2 is 1.96 bits per heavy atom. The molecule has 0 aliphatic carbocycles. The predicted octanol–water partition coefficient (Wildman–Crippen LogP) is 1.62. The Hall–Kier alpha value is -1.81. The number of piperidine rings is 1. The van der Waals surface area contributed by atoms with E-state index in [1.165, 1.54) is 4.31 Å². The van der Waals surface area contributed by atoms with Gasteiger partial charge in [-0.1, -0.05) is 0 Å². The Morgan fingerprint density at radius 3 is 2.52 bits per heavy atom. The zero-order chi connectivity index (χ0) is 18.7. The van der Waals surface area contributed by atoms with E-state index < -0.39 is 27.7 Å². The van der Waals surface area contributed by atoms with Crippen LogP contribution in [0.3, 0.4) is 0 Å². The maximum absolute atomic E-state index is 12.5. The van der Waals surface area contributed by atoms with Gasteiger partial charge in [-0.15, -0.1) is 0 Å². The molecule has 1 aromatic rings. The summed E-state index contributed by atoms with van der Waals surface area (Å²) in [6, 6.07) is 3.72. The average molecular weight is 380 g/mol. The van der Waals surface area contributed by atoms with Crippen molar-refractivity contribution in [2.45, 2.75) is 25.1 Å². The van der Waals surface area contributed by atoms with E-state index in [1.54, 1.807) is 0 Å². The minimum atomic E-state index is -4.43. The number of amides is 1. The SMILES string of the molecule is CS(=O)(=O)N1CCCC(NC(=O)COc2ccc(C(F)(F)F)cc2)C1. The molecule has 1 unspecified atom stereocenters. The second kappa shape index (κ2) is 7.61. The van der Waals surface area contributed by atoms with Crippen LogP contribution in [0.1, 0.15) is 18.4 Å². The first kappa shape index (κ1) is 19.5. The van der Waals surface area contributed by atoms with Crippen LogP contribution in [0.5, 0.6) is 5.75 Å². The van der Waals surface area contributed by atoms with Crippen LogP contribution in [0.15, 0.2) is 24.3 Å². The smallest absolute Gasteiger partial charge is 0.416 e. The molecule has 0 spiro atoms. The maximum Gasteiger partial charge on any atom is 0.416 e. The highest BCUT2D eigenvalue weighted by Crippen LogP contribution is 2.30. The first-order valence-corrected chi connectivity index (χ1v) is 9.45. The minimum Gasteiger partial charge on any atom is -0.484 e. The quantitative estimate of drug-likeness (QED) is 0.842. The van der Waals surface area contributed by atoms with Gasteiger partial charge >= 0.3 is 6.18 Å². The maximum atomic E-state index is 12.5. The van der Waals surface area contributed by atoms with Gasteiger partial charge in [0, 0.05) is 19.1 Å². The first-order valence-electron chi connectivity index (χ1n) is 7.60. The molecule has 0 radical (unpaired) electrons. The molecule has 2 rings (SSSR count). The van der Waals surface area contributed by atoms with E-state index in [9.17, 15) is 26.4 Å². The largest absolute Gasteiger partial charge is 0.484 e. The lowest BCUT2D eigenvalue weighted by Crippen LogP contribution is -2.50. The Bertz CT molecular complexity index is 704. The number of nitrogens with zero attached hydrogens (tertiary/aromatic N) is 1. The highest BCUT2D eigenvalue weighted by atomic mass is 32.2. The summed E-state index contributed by atoms with van der Waals surface area (Å²) in [7, 11) is -3.31. The zero-order valence-electron chi connectivity index (χ0n) is 13.5. The third-order valence-corrected chi connectivity index (χ3v) is 5.04. The van der Waals surface area contributed by atoms with Crippen LogP contribution in [0.25, 0.3) is 0 Å². The van der Waals surface area contributed by atoms with E-state index in [1.807, 2.05) is 0 Å². The fourth-order valence-electron chi connectivity index (χ4n) is 2.52. The number of nitrogens with one attached hydrogen (secondary N) is 1. The van der Waals surface area contributed by atoms with Crippen molar-refractivity contribution in [1.29, 1.82) is 0 Å². The Morgan fingerprint density at radius 1 is 1.32 bits per heavy atom. The monoisotopic (exact) mass is 380 g/mol. The molecule has 1 atom stereocenters. The molecule has 0 aromatic heterocycles. The van der Waals surface area contributed by atoms with Gasteiger partial charge in [-0.2, -0.15) is 13.2 Å². The fourth-order valence-corrected chi connectivity index (χ4v) is 3.43. The third kappa shape index (κ3) is 5.89. The van der Waals surface area contributed by atoms with Crippen molar-refractivity contribution in [3.63, 3.8) is 0 Å². The first-order chi connectivity index (χ1) is 11.6. The number of ether oxygens (including phenoxy) is 1. The molecule has 1 aromatic carbocycles. The summed E-state index contributed by atoms with van der Waals surface area (Å²) in [5, 5.41) is 2.68. The summed E-state index contributed by atoms with van der Waals surface area (Å²) in [5.74, 6) is -0.315. The number of rotatable bonds is 5. The third-order valence-electron chi connectivity index (χ3n) is 3.77. The molecule has 1 saturated heterocycles. The summed E-state index contributed by atoms with van der Waals surface area (Å²) >= 11 is 0. The van der Waals surface area contributed by atoms with Crippen LogP contribution in [0, 0.1) is 0 Å². The lowest BCUT2D eigenvalue weighted by atomic mass is 10.1. The number of halogens is 3. The van der Waals surface area contributed by atoms with Crippen molar-refractivity contribution in [3.05, 3.63) is 29.8 Å². The molecular weight excluding hydrogens is 361 g/mol. The summed E-state index contributed by atoms with van der Waals surface area (Å²) in [6.07, 6.45) is -2.02. The van der Waals surface area contributed by atoms with Gasteiger partial charge in [0.25, 0.3) is 5.91 Å². The van der Waals surface area contributed by atoms with Gasteiger partial charge in [0.2, 0.25) is 10.0 Å². The van der Waals surface area contributed by atoms with Crippen LogP contribution in [0.2, 0.25) is 0 Å². The lowest BCUT2D eigenvalue weighted by molar-refractivity contribution is -0.137. The lowest BCUT2D eigenvalue weighted by Gasteiger charge is -2.31. The fraction of sp³-hybridized carbons (Fsp3) is 0.533. The van der Waals surface area contributed by atoms with Crippen LogP contribution >= 0.6 is 0 Å². The molecule has 10 heteroatoms. The minimum absolute atomic E-state index is 0.143. The summed E-state index contributed by atoms with van der Waals surface area (Å²) in [4.78, 5) is 11.9. The van der Waals surface area contributed by atoms with Gasteiger partial charge < -0.3 is 10.1 Å². The van der Waals surface area contributed by atoms with Crippen molar-refractivity contribution in [2.24, 2.45) is 0 Å². The van der Waals surface area contributed by atoms with Gasteiger partial charge in [0.1, 0.15) is 5.75 Å². The van der Waals surface area contributed by atoms with E-state index in [2.05, 4.69) is 5.32 Å². The molecule has 1 amide bonds. The second-order valence-electron chi connectivity index (χ2n) is 5.84. The molecule has 6 nitrogen and oxygen atoms in total. The van der Waals surface area contributed by atoms with Crippen LogP contribution in [0.4, 0.5) is 13.2 Å². The molecular formula is C15H19F3N2O4S. The van der Waals surface area contributed by atoms with Gasteiger partial charge in [0.15, 0.2) is 6.61 Å². The second-order valence-corrected chi connectivity index (χ2v) is 7.82. The van der Waals surface area contributed by atoms with Gasteiger partial charge in [-0.05, 0) is 37.1 Å². The number of carbonyl (C=O) groups excluding carboxylic acids is 1. The highest BCUT2D eigenvalue weighted by Gasteiger charge is 2.30. The van der Waals surface area contributed by atoms with Crippen LogP contribution in [-0.4, -0.2) is 50.6 Å². The van der Waals surface area contributed by atoms with E-state index in [0.29, 0.717) is 19.4 Å². The van der Waals surface area contributed by atoms with Crippen molar-refractivity contribution in [3.8, 4) is 5.75 Å². The number of hydrogen-bond acceptors (Lipinski definition) is 4. The summed E-state index contributed by atoms with van der Waals surface area (Å²) in [5.41, 5.74) is -0.799. The average Bonchev–Trinajstić information content (AvgIpc) is 2.52. The van der Waals surface area contributed by atoms with E-state index in [4.69, 9.17) is 4.74 Å². The molecule has 0 bridgehead atoms. The zero-order valence-corrected chi connectivity index (χ0v) is 14.4. The molecule has 1 fully saturated rings. The van der Waals surface area contributed by atoms with Crippen molar-refractivity contribution < 1.29 is 31.1 Å². The number of carbonyl (C=O) groups is 1. The van der Waals surface area contributed by atoms with Crippen LogP contribution in [-0.2, 0) is 21.0 Å². The number of hydrogen-bond donors (Lipinski definition) is 1. The number of benzene rings is 1. The Balaban J connectivity index is 1.82. The van der Waals surface area contributed by atoms with E-state index >= 15 is 0 Å². The van der Waals surface area contributed by atoms with Gasteiger partial charge in [-0.25, -0.2) is 12.7 Å². The topological polar surface area (TPSA) is 75.7 Å². The molecule has 1 aliphatic heterocycles. The Kier molecular flexibility index (Phi) is 5.94. The summed E-state index contributed by atoms with van der Waals surface area (Å²) in [6.45, 7) is 0.263. The number of sulfonamides is 1. The number of alkyl halides is 3. The molecule has 1 heterocycles. The molecule has 25 heavy (non-hydrogen) atoms.